The molecule has 0 radical (unpaired) electrons. The van der Waals surface area contributed by atoms with Gasteiger partial charge in [0.15, 0.2) is 0 Å². The van der Waals surface area contributed by atoms with Crippen LogP contribution in [0.2, 0.25) is 5.02 Å². The van der Waals surface area contributed by atoms with Crippen LogP contribution >= 0.6 is 11.6 Å². The van der Waals surface area contributed by atoms with Crippen molar-refractivity contribution in [1.82, 2.24) is 9.97 Å². The molecule has 2 aromatic carbocycles. The highest BCUT2D eigenvalue weighted by atomic mass is 35.5. The SMILES string of the molecule is N[C@@H](CNc1cc(-c2ccc(C(F)(F)F)c(Cl)c2)ncn1)c1ccc(C(F)(F)F)c(F)c1. The first-order valence-corrected chi connectivity index (χ1v) is 9.29. The summed E-state index contributed by atoms with van der Waals surface area (Å²) in [5, 5.41) is 2.34. The van der Waals surface area contributed by atoms with Gasteiger partial charge in [-0.25, -0.2) is 14.4 Å². The fourth-order valence-electron chi connectivity index (χ4n) is 2.84. The Hall–Kier alpha value is -2.92. The van der Waals surface area contributed by atoms with E-state index in [2.05, 4.69) is 15.3 Å². The largest absolute Gasteiger partial charge is 0.419 e. The van der Waals surface area contributed by atoms with Crippen LogP contribution in [0.5, 0.6) is 0 Å². The smallest absolute Gasteiger partial charge is 0.368 e. The molecular formula is C20H14ClF7N4. The standard InChI is InChI=1S/C20H14ClF7N4/c21-14-5-11(2-3-12(14)19(23,24)25)17-7-18(32-9-31-17)30-8-16(29)10-1-4-13(15(22)6-10)20(26,27)28/h1-7,9,16H,8,29H2,(H,30,31,32)/t16-/m0/s1. The minimum absolute atomic E-state index is 0.0188. The average Bonchev–Trinajstić information content (AvgIpc) is 2.70. The second-order valence-electron chi connectivity index (χ2n) is 6.71. The predicted octanol–water partition coefficient (Wildman–Crippen LogP) is 6.09. The zero-order valence-corrected chi connectivity index (χ0v) is 16.7. The van der Waals surface area contributed by atoms with Gasteiger partial charge in [0.2, 0.25) is 0 Å². The van der Waals surface area contributed by atoms with Crippen molar-refractivity contribution in [3.63, 3.8) is 0 Å². The van der Waals surface area contributed by atoms with Crippen molar-refractivity contribution in [2.45, 2.75) is 18.4 Å². The number of aromatic nitrogens is 2. The summed E-state index contributed by atoms with van der Waals surface area (Å²) in [4.78, 5) is 7.95. The highest BCUT2D eigenvalue weighted by Gasteiger charge is 2.34. The van der Waals surface area contributed by atoms with Gasteiger partial charge in [-0.3, -0.25) is 0 Å². The number of anilines is 1. The molecule has 32 heavy (non-hydrogen) atoms. The molecule has 170 valence electrons. The van der Waals surface area contributed by atoms with Crippen LogP contribution in [0.25, 0.3) is 11.3 Å². The van der Waals surface area contributed by atoms with Crippen LogP contribution in [0, 0.1) is 5.82 Å². The maximum atomic E-state index is 13.7. The lowest BCUT2D eigenvalue weighted by Crippen LogP contribution is -2.21. The molecule has 3 N–H and O–H groups in total. The number of nitrogens with two attached hydrogens (primary N) is 1. The molecule has 3 rings (SSSR count). The van der Waals surface area contributed by atoms with Crippen molar-refractivity contribution in [3.8, 4) is 11.3 Å². The maximum absolute atomic E-state index is 13.7. The molecule has 12 heteroatoms. The third-order valence-electron chi connectivity index (χ3n) is 4.47. The molecule has 1 heterocycles. The van der Waals surface area contributed by atoms with Crippen molar-refractivity contribution in [3.05, 3.63) is 76.3 Å². The Morgan fingerprint density at radius 3 is 2.16 bits per heavy atom. The molecule has 0 aliphatic rings. The van der Waals surface area contributed by atoms with Crippen LogP contribution in [0.1, 0.15) is 22.7 Å². The fourth-order valence-corrected chi connectivity index (χ4v) is 3.13. The molecule has 0 saturated carbocycles. The van der Waals surface area contributed by atoms with E-state index in [0.29, 0.717) is 17.7 Å². The van der Waals surface area contributed by atoms with Gasteiger partial charge >= 0.3 is 12.4 Å². The number of nitrogens with zero attached hydrogens (tertiary/aromatic N) is 2. The van der Waals surface area contributed by atoms with Crippen molar-refractivity contribution < 1.29 is 30.7 Å². The van der Waals surface area contributed by atoms with Gasteiger partial charge in [-0.15, -0.1) is 0 Å². The minimum atomic E-state index is -4.82. The molecule has 4 nitrogen and oxygen atoms in total. The topological polar surface area (TPSA) is 63.8 Å². The molecule has 0 amide bonds. The normalized spacial score (nSPS) is 13.2. The molecular weight excluding hydrogens is 465 g/mol. The van der Waals surface area contributed by atoms with E-state index in [9.17, 15) is 30.7 Å². The highest BCUT2D eigenvalue weighted by molar-refractivity contribution is 6.31. The number of hydrogen-bond acceptors (Lipinski definition) is 4. The zero-order valence-electron chi connectivity index (χ0n) is 15.9. The molecule has 0 aliphatic carbocycles. The van der Waals surface area contributed by atoms with E-state index in [-0.39, 0.29) is 23.6 Å². The average molecular weight is 479 g/mol. The van der Waals surface area contributed by atoms with E-state index in [1.54, 1.807) is 0 Å². The minimum Gasteiger partial charge on any atom is -0.368 e. The number of rotatable bonds is 5. The van der Waals surface area contributed by atoms with E-state index in [1.165, 1.54) is 12.1 Å². The van der Waals surface area contributed by atoms with Crippen molar-refractivity contribution in [1.29, 1.82) is 0 Å². The first-order chi connectivity index (χ1) is 14.9. The third kappa shape index (κ3) is 5.46. The summed E-state index contributed by atoms with van der Waals surface area (Å²) in [6, 6.07) is 6.12. The Bertz CT molecular complexity index is 1120. The van der Waals surface area contributed by atoms with Gasteiger partial charge in [-0.1, -0.05) is 23.7 Å². The molecule has 0 aliphatic heterocycles. The van der Waals surface area contributed by atoms with Crippen LogP contribution in [0.4, 0.5) is 36.6 Å². The summed E-state index contributed by atoms with van der Waals surface area (Å²) in [6.45, 7) is -0.0188. The molecule has 0 saturated heterocycles. The molecule has 0 fully saturated rings. The molecule has 1 atom stereocenters. The van der Waals surface area contributed by atoms with Gasteiger partial charge in [0.1, 0.15) is 18.0 Å². The number of halogens is 8. The van der Waals surface area contributed by atoms with E-state index >= 15 is 0 Å². The highest BCUT2D eigenvalue weighted by Crippen LogP contribution is 2.36. The monoisotopic (exact) mass is 478 g/mol. The van der Waals surface area contributed by atoms with Crippen LogP contribution in [-0.2, 0) is 12.4 Å². The van der Waals surface area contributed by atoms with Gasteiger partial charge in [0.25, 0.3) is 0 Å². The number of alkyl halides is 6. The summed E-state index contributed by atoms with van der Waals surface area (Å²) in [5.41, 5.74) is 4.26. The van der Waals surface area contributed by atoms with Gasteiger partial charge in [0, 0.05) is 24.2 Å². The zero-order chi connectivity index (χ0) is 23.7. The van der Waals surface area contributed by atoms with Crippen LogP contribution in [-0.4, -0.2) is 16.5 Å². The van der Waals surface area contributed by atoms with Gasteiger partial charge < -0.3 is 11.1 Å². The maximum Gasteiger partial charge on any atom is 0.419 e. The molecule has 1 aromatic heterocycles. The molecule has 0 unspecified atom stereocenters. The Morgan fingerprint density at radius 2 is 1.56 bits per heavy atom. The molecule has 0 bridgehead atoms. The van der Waals surface area contributed by atoms with Crippen molar-refractivity contribution >= 4 is 17.4 Å². The van der Waals surface area contributed by atoms with E-state index in [4.69, 9.17) is 17.3 Å². The van der Waals surface area contributed by atoms with Gasteiger partial charge in [0.05, 0.1) is 21.8 Å². The van der Waals surface area contributed by atoms with E-state index in [0.717, 1.165) is 24.5 Å². The van der Waals surface area contributed by atoms with Gasteiger partial charge in [-0.2, -0.15) is 26.3 Å². The first-order valence-electron chi connectivity index (χ1n) is 8.91. The predicted molar refractivity (Wildman–Crippen MR) is 104 cm³/mol. The summed E-state index contributed by atoms with van der Waals surface area (Å²) in [5.74, 6) is -1.19. The lowest BCUT2D eigenvalue weighted by atomic mass is 10.0. The summed E-state index contributed by atoms with van der Waals surface area (Å²) in [7, 11) is 0. The number of hydrogen-bond donors (Lipinski definition) is 2. The Kier molecular flexibility index (Phi) is 6.61. The lowest BCUT2D eigenvalue weighted by Gasteiger charge is -2.16. The quantitative estimate of drug-likeness (QED) is 0.436. The van der Waals surface area contributed by atoms with Gasteiger partial charge in [-0.05, 0) is 29.8 Å². The number of benzene rings is 2. The van der Waals surface area contributed by atoms with Crippen LogP contribution in [0.3, 0.4) is 0 Å². The van der Waals surface area contributed by atoms with Crippen LogP contribution in [0.15, 0.2) is 48.8 Å². The second-order valence-corrected chi connectivity index (χ2v) is 7.11. The Balaban J connectivity index is 1.73. The van der Waals surface area contributed by atoms with Crippen LogP contribution < -0.4 is 11.1 Å². The lowest BCUT2D eigenvalue weighted by molar-refractivity contribution is -0.140. The third-order valence-corrected chi connectivity index (χ3v) is 4.78. The van der Waals surface area contributed by atoms with Crippen molar-refractivity contribution in [2.24, 2.45) is 5.73 Å². The van der Waals surface area contributed by atoms with Crippen molar-refractivity contribution in [2.75, 3.05) is 11.9 Å². The molecule has 0 spiro atoms. The summed E-state index contributed by atoms with van der Waals surface area (Å²) >= 11 is 5.73. The summed E-state index contributed by atoms with van der Waals surface area (Å²) in [6.07, 6.45) is -8.25. The Morgan fingerprint density at radius 1 is 0.906 bits per heavy atom. The molecule has 3 aromatic rings. The van der Waals surface area contributed by atoms with E-state index in [1.807, 2.05) is 0 Å². The first kappa shape index (κ1) is 23.7. The number of nitrogens with one attached hydrogen (secondary N) is 1. The second kappa shape index (κ2) is 8.91. The Labute approximate surface area is 182 Å². The summed E-state index contributed by atoms with van der Waals surface area (Å²) < 4.78 is 90.3. The van der Waals surface area contributed by atoms with E-state index < -0.39 is 40.4 Å². The fraction of sp³-hybridized carbons (Fsp3) is 0.200.